The summed E-state index contributed by atoms with van der Waals surface area (Å²) in [6.07, 6.45) is -6.14. The van der Waals surface area contributed by atoms with Crippen LogP contribution >= 0.6 is 0 Å². The van der Waals surface area contributed by atoms with Gasteiger partial charge in [-0.15, -0.1) is 0 Å². The third-order valence-corrected chi connectivity index (χ3v) is 12.9. The third-order valence-electron chi connectivity index (χ3n) is 3.09. The van der Waals surface area contributed by atoms with Crippen LogP contribution in [0.1, 0.15) is 19.8 Å². The standard InChI is InChI=1S/C16H35F3O5Si4/c1-13(2)14(20)21-16(22-25(3)4,12-11-15(17,18)19)26(23-27(5,6)7)24-28(8,9)10/h25-26H,1,11-12H2,2-10H3. The molecule has 0 heterocycles. The van der Waals surface area contributed by atoms with Crippen molar-refractivity contribution < 1.29 is 35.4 Å². The van der Waals surface area contributed by atoms with Crippen molar-refractivity contribution in [2.24, 2.45) is 0 Å². The highest BCUT2D eigenvalue weighted by molar-refractivity contribution is 6.81. The van der Waals surface area contributed by atoms with E-state index < -0.39 is 65.4 Å². The molecule has 166 valence electrons. The maximum absolute atomic E-state index is 13.1. The molecule has 0 N–H and O–H groups in total. The van der Waals surface area contributed by atoms with Gasteiger partial charge in [0.2, 0.25) is 5.41 Å². The molecule has 0 spiro atoms. The van der Waals surface area contributed by atoms with E-state index in [4.69, 9.17) is 17.4 Å². The molecule has 28 heavy (non-hydrogen) atoms. The Kier molecular flexibility index (Phi) is 10.1. The van der Waals surface area contributed by atoms with Gasteiger partial charge in [-0.3, -0.25) is 0 Å². The lowest BCUT2D eigenvalue weighted by molar-refractivity contribution is -0.192. The van der Waals surface area contributed by atoms with Gasteiger partial charge in [0, 0.05) is 18.4 Å². The van der Waals surface area contributed by atoms with Crippen LogP contribution in [0.5, 0.6) is 0 Å². The van der Waals surface area contributed by atoms with Crippen molar-refractivity contribution in [3.63, 3.8) is 0 Å². The number of hydrogen-bond donors (Lipinski definition) is 0. The quantitative estimate of drug-likeness (QED) is 0.189. The molecular weight excluding hydrogens is 442 g/mol. The van der Waals surface area contributed by atoms with Crippen molar-refractivity contribution in [2.75, 3.05) is 0 Å². The van der Waals surface area contributed by atoms with Gasteiger partial charge in [-0.2, -0.15) is 13.2 Å². The van der Waals surface area contributed by atoms with Gasteiger partial charge in [-0.25, -0.2) is 4.79 Å². The molecule has 0 amide bonds. The molecule has 0 aromatic heterocycles. The van der Waals surface area contributed by atoms with E-state index >= 15 is 0 Å². The number of hydrogen-bond acceptors (Lipinski definition) is 5. The highest BCUT2D eigenvalue weighted by Crippen LogP contribution is 2.35. The number of halogens is 3. The average Bonchev–Trinajstić information content (AvgIpc) is 2.39. The van der Waals surface area contributed by atoms with Gasteiger partial charge in [0.25, 0.3) is 0 Å². The predicted molar refractivity (Wildman–Crippen MR) is 115 cm³/mol. The predicted octanol–water partition coefficient (Wildman–Crippen LogP) is 4.61. The van der Waals surface area contributed by atoms with Crippen molar-refractivity contribution in [1.82, 2.24) is 0 Å². The summed E-state index contributed by atoms with van der Waals surface area (Å²) in [7, 11) is -9.43. The Labute approximate surface area is 172 Å². The normalized spacial score (nSPS) is 15.6. The molecule has 12 heteroatoms. The first-order valence-electron chi connectivity index (χ1n) is 9.25. The summed E-state index contributed by atoms with van der Waals surface area (Å²) in [4.78, 5) is 12.4. The molecule has 0 fully saturated rings. The van der Waals surface area contributed by atoms with Gasteiger partial charge in [0.15, 0.2) is 25.7 Å². The number of esters is 1. The first kappa shape index (κ1) is 27.7. The van der Waals surface area contributed by atoms with Gasteiger partial charge >= 0.3 is 21.4 Å². The summed E-state index contributed by atoms with van der Waals surface area (Å²) >= 11 is 0. The van der Waals surface area contributed by atoms with Gasteiger partial charge in [0.1, 0.15) is 0 Å². The van der Waals surface area contributed by atoms with Crippen LogP contribution in [0.15, 0.2) is 12.2 Å². The van der Waals surface area contributed by atoms with E-state index in [-0.39, 0.29) is 5.57 Å². The molecule has 0 aliphatic heterocycles. The van der Waals surface area contributed by atoms with Crippen LogP contribution in [-0.2, 0) is 22.2 Å². The van der Waals surface area contributed by atoms with Crippen LogP contribution in [0.4, 0.5) is 13.2 Å². The summed E-state index contributed by atoms with van der Waals surface area (Å²) in [5.41, 5.74) is -1.76. The van der Waals surface area contributed by atoms with Crippen LogP contribution in [0, 0.1) is 0 Å². The van der Waals surface area contributed by atoms with Crippen LogP contribution in [-0.4, -0.2) is 52.5 Å². The number of carbonyl (C=O) groups is 1. The smallest absolute Gasteiger partial charge is 0.389 e. The Morgan fingerprint density at radius 3 is 1.68 bits per heavy atom. The molecule has 0 rings (SSSR count). The van der Waals surface area contributed by atoms with E-state index in [1.807, 2.05) is 52.4 Å². The molecule has 5 nitrogen and oxygen atoms in total. The highest BCUT2D eigenvalue weighted by Gasteiger charge is 2.53. The Bertz CT molecular complexity index is 528. The Morgan fingerprint density at radius 2 is 1.39 bits per heavy atom. The van der Waals surface area contributed by atoms with Crippen molar-refractivity contribution in [2.45, 2.75) is 83.7 Å². The fourth-order valence-corrected chi connectivity index (χ4v) is 12.2. The Hall–Kier alpha value is -0.252. The van der Waals surface area contributed by atoms with Crippen molar-refractivity contribution in [3.8, 4) is 0 Å². The largest absolute Gasteiger partial charge is 0.435 e. The summed E-state index contributed by atoms with van der Waals surface area (Å²) in [5.74, 6) is -0.798. The topological polar surface area (TPSA) is 54.0 Å². The van der Waals surface area contributed by atoms with Crippen LogP contribution in [0.3, 0.4) is 0 Å². The summed E-state index contributed by atoms with van der Waals surface area (Å²) in [6, 6.07) is 0. The number of rotatable bonds is 11. The zero-order valence-electron chi connectivity index (χ0n) is 18.5. The second kappa shape index (κ2) is 10.2. The van der Waals surface area contributed by atoms with Gasteiger partial charge in [-0.1, -0.05) is 6.58 Å². The van der Waals surface area contributed by atoms with Crippen molar-refractivity contribution in [1.29, 1.82) is 0 Å². The zero-order valence-corrected chi connectivity index (χ0v) is 22.8. The molecule has 1 unspecified atom stereocenters. The van der Waals surface area contributed by atoms with E-state index in [1.54, 1.807) is 0 Å². The summed E-state index contributed by atoms with van der Waals surface area (Å²) in [6.45, 7) is 20.1. The molecule has 0 aromatic carbocycles. The number of ether oxygens (including phenoxy) is 1. The number of alkyl halides is 3. The van der Waals surface area contributed by atoms with E-state index in [9.17, 15) is 18.0 Å². The SMILES string of the molecule is C=C(C)C(=O)OC(CCC(F)(F)F)(O[SiH](C)C)[SiH](O[Si](C)(C)C)O[Si](C)(C)C. The van der Waals surface area contributed by atoms with Crippen molar-refractivity contribution >= 4 is 40.9 Å². The van der Waals surface area contributed by atoms with Crippen LogP contribution in [0.25, 0.3) is 0 Å². The third kappa shape index (κ3) is 11.7. The van der Waals surface area contributed by atoms with Crippen LogP contribution in [0.2, 0.25) is 52.4 Å². The summed E-state index contributed by atoms with van der Waals surface area (Å²) < 4.78 is 63.4. The van der Waals surface area contributed by atoms with E-state index in [0.717, 1.165) is 0 Å². The molecule has 0 radical (unpaired) electrons. The van der Waals surface area contributed by atoms with Gasteiger partial charge in [-0.05, 0) is 59.3 Å². The zero-order chi connectivity index (χ0) is 22.6. The monoisotopic (exact) mass is 476 g/mol. The lowest BCUT2D eigenvalue weighted by Gasteiger charge is -2.43. The van der Waals surface area contributed by atoms with Gasteiger partial charge in [0.05, 0.1) is 0 Å². The number of carbonyl (C=O) groups excluding carboxylic acids is 1. The van der Waals surface area contributed by atoms with E-state index in [2.05, 4.69) is 6.58 Å². The molecular formula is C16H35F3O5Si4. The molecule has 1 atom stereocenters. The average molecular weight is 477 g/mol. The molecule has 0 aliphatic carbocycles. The minimum absolute atomic E-state index is 0.0826. The van der Waals surface area contributed by atoms with E-state index in [1.165, 1.54) is 6.92 Å². The lowest BCUT2D eigenvalue weighted by Crippen LogP contribution is -2.62. The first-order valence-corrected chi connectivity index (χ1v) is 20.4. The van der Waals surface area contributed by atoms with Gasteiger partial charge < -0.3 is 17.4 Å². The molecule has 0 saturated carbocycles. The molecule has 0 bridgehead atoms. The maximum Gasteiger partial charge on any atom is 0.389 e. The fraction of sp³-hybridized carbons (Fsp3) is 0.812. The molecule has 0 aliphatic rings. The minimum Gasteiger partial charge on any atom is -0.435 e. The van der Waals surface area contributed by atoms with E-state index in [0.29, 0.717) is 0 Å². The minimum atomic E-state index is -4.43. The second-order valence-electron chi connectivity index (χ2n) is 9.06. The van der Waals surface area contributed by atoms with Crippen LogP contribution < -0.4 is 0 Å². The Morgan fingerprint density at radius 1 is 0.964 bits per heavy atom. The maximum atomic E-state index is 13.1. The Balaban J connectivity index is 6.34. The highest BCUT2D eigenvalue weighted by atomic mass is 28.4. The molecule has 0 saturated heterocycles. The lowest BCUT2D eigenvalue weighted by atomic mass is 10.3. The summed E-state index contributed by atoms with van der Waals surface area (Å²) in [5, 5.41) is 0. The second-order valence-corrected chi connectivity index (χ2v) is 23.3. The fourth-order valence-electron chi connectivity index (χ4n) is 2.16. The first-order chi connectivity index (χ1) is 12.3. The molecule has 0 aromatic rings. The van der Waals surface area contributed by atoms with Crippen molar-refractivity contribution in [3.05, 3.63) is 12.2 Å².